The van der Waals surface area contributed by atoms with Crippen LogP contribution >= 0.6 is 0 Å². The Kier molecular flexibility index (Phi) is 6.67. The zero-order valence-corrected chi connectivity index (χ0v) is 13.7. The minimum atomic E-state index is -0.0715. The van der Waals surface area contributed by atoms with Gasteiger partial charge in [0, 0.05) is 6.54 Å². The largest absolute Gasteiger partial charge is 0.316 e. The van der Waals surface area contributed by atoms with Crippen molar-refractivity contribution in [2.75, 3.05) is 13.1 Å². The van der Waals surface area contributed by atoms with Gasteiger partial charge in [0.2, 0.25) is 0 Å². The summed E-state index contributed by atoms with van der Waals surface area (Å²) in [6.07, 6.45) is 2.13. The number of nitrogens with one attached hydrogen (secondary N) is 1. The predicted octanol–water partition coefficient (Wildman–Crippen LogP) is 4.98. The molecule has 0 saturated carbocycles. The van der Waals surface area contributed by atoms with Gasteiger partial charge < -0.3 is 5.32 Å². The standard InChI is InChI=1S/C18H30FN/c1-14(2)12-20-13-15(10-11-18(3,4)5)16-8-6-7-9-17(16)19/h6-9,14-15,20H,10-13H2,1-5H3. The van der Waals surface area contributed by atoms with Crippen molar-refractivity contribution in [3.8, 4) is 0 Å². The Bertz CT molecular complexity index is 393. The molecule has 20 heavy (non-hydrogen) atoms. The van der Waals surface area contributed by atoms with E-state index >= 15 is 0 Å². The topological polar surface area (TPSA) is 12.0 Å². The highest BCUT2D eigenvalue weighted by Crippen LogP contribution is 2.29. The van der Waals surface area contributed by atoms with Gasteiger partial charge in [-0.2, -0.15) is 0 Å². The SMILES string of the molecule is CC(C)CNCC(CCC(C)(C)C)c1ccccc1F. The Morgan fingerprint density at radius 1 is 1.10 bits per heavy atom. The first-order valence-electron chi connectivity index (χ1n) is 7.75. The minimum Gasteiger partial charge on any atom is -0.316 e. The fourth-order valence-corrected chi connectivity index (χ4v) is 2.33. The molecule has 0 aliphatic heterocycles. The van der Waals surface area contributed by atoms with E-state index in [-0.39, 0.29) is 11.7 Å². The van der Waals surface area contributed by atoms with Gasteiger partial charge in [0.05, 0.1) is 0 Å². The molecule has 0 aromatic heterocycles. The third-order valence-electron chi connectivity index (χ3n) is 3.53. The van der Waals surface area contributed by atoms with Crippen LogP contribution in [0.4, 0.5) is 4.39 Å². The van der Waals surface area contributed by atoms with Gasteiger partial charge in [-0.1, -0.05) is 52.8 Å². The van der Waals surface area contributed by atoms with Crippen molar-refractivity contribution in [1.82, 2.24) is 5.32 Å². The first kappa shape index (κ1) is 17.2. The number of rotatable bonds is 7. The monoisotopic (exact) mass is 279 g/mol. The first-order valence-corrected chi connectivity index (χ1v) is 7.75. The third-order valence-corrected chi connectivity index (χ3v) is 3.53. The lowest BCUT2D eigenvalue weighted by atomic mass is 9.84. The molecule has 0 aliphatic carbocycles. The number of hydrogen-bond acceptors (Lipinski definition) is 1. The smallest absolute Gasteiger partial charge is 0.126 e. The lowest BCUT2D eigenvalue weighted by Crippen LogP contribution is -2.26. The Labute approximate surface area is 124 Å². The lowest BCUT2D eigenvalue weighted by molar-refractivity contribution is 0.340. The fourth-order valence-electron chi connectivity index (χ4n) is 2.33. The predicted molar refractivity (Wildman–Crippen MR) is 85.5 cm³/mol. The van der Waals surface area contributed by atoms with Crippen LogP contribution in [-0.2, 0) is 0 Å². The van der Waals surface area contributed by atoms with Crippen molar-refractivity contribution < 1.29 is 4.39 Å². The zero-order valence-electron chi connectivity index (χ0n) is 13.7. The van der Waals surface area contributed by atoms with Crippen molar-refractivity contribution in [3.05, 3.63) is 35.6 Å². The van der Waals surface area contributed by atoms with Crippen molar-refractivity contribution in [1.29, 1.82) is 0 Å². The molecule has 0 amide bonds. The van der Waals surface area contributed by atoms with Crippen LogP contribution in [0, 0.1) is 17.2 Å². The third kappa shape index (κ3) is 6.51. The summed E-state index contributed by atoms with van der Waals surface area (Å²) in [4.78, 5) is 0. The van der Waals surface area contributed by atoms with E-state index in [1.807, 2.05) is 12.1 Å². The van der Waals surface area contributed by atoms with E-state index < -0.39 is 0 Å². The number of benzene rings is 1. The second-order valence-corrected chi connectivity index (χ2v) is 7.37. The molecule has 0 fully saturated rings. The van der Waals surface area contributed by atoms with Crippen molar-refractivity contribution in [2.45, 2.75) is 53.4 Å². The van der Waals surface area contributed by atoms with Gasteiger partial charge >= 0.3 is 0 Å². The van der Waals surface area contributed by atoms with Crippen LogP contribution in [0.25, 0.3) is 0 Å². The van der Waals surface area contributed by atoms with Gasteiger partial charge in [-0.05, 0) is 48.3 Å². The molecule has 114 valence electrons. The maximum Gasteiger partial charge on any atom is 0.126 e. The molecule has 1 nitrogen and oxygen atoms in total. The summed E-state index contributed by atoms with van der Waals surface area (Å²) in [6, 6.07) is 7.20. The molecular formula is C18H30FN. The molecule has 0 heterocycles. The molecule has 1 aromatic carbocycles. The molecule has 0 radical (unpaired) electrons. The van der Waals surface area contributed by atoms with Gasteiger partial charge in [0.25, 0.3) is 0 Å². The Morgan fingerprint density at radius 2 is 1.75 bits per heavy atom. The van der Waals surface area contributed by atoms with E-state index in [0.29, 0.717) is 11.3 Å². The molecule has 0 aliphatic rings. The van der Waals surface area contributed by atoms with Crippen LogP contribution in [0.3, 0.4) is 0 Å². The maximum atomic E-state index is 14.0. The van der Waals surface area contributed by atoms with E-state index in [9.17, 15) is 4.39 Å². The Balaban J connectivity index is 2.71. The highest BCUT2D eigenvalue weighted by Gasteiger charge is 2.19. The summed E-state index contributed by atoms with van der Waals surface area (Å²) in [7, 11) is 0. The molecule has 1 rings (SSSR count). The summed E-state index contributed by atoms with van der Waals surface area (Å²) in [5.74, 6) is 0.811. The molecule has 1 unspecified atom stereocenters. The number of halogens is 1. The Hall–Kier alpha value is -0.890. The van der Waals surface area contributed by atoms with Gasteiger partial charge in [0.15, 0.2) is 0 Å². The summed E-state index contributed by atoms with van der Waals surface area (Å²) in [5, 5.41) is 3.48. The number of hydrogen-bond donors (Lipinski definition) is 1. The molecule has 1 aromatic rings. The second-order valence-electron chi connectivity index (χ2n) is 7.37. The van der Waals surface area contributed by atoms with E-state index in [4.69, 9.17) is 0 Å². The van der Waals surface area contributed by atoms with Crippen molar-refractivity contribution in [3.63, 3.8) is 0 Å². The highest BCUT2D eigenvalue weighted by atomic mass is 19.1. The van der Waals surface area contributed by atoms with Crippen LogP contribution in [-0.4, -0.2) is 13.1 Å². The van der Waals surface area contributed by atoms with E-state index in [1.165, 1.54) is 0 Å². The van der Waals surface area contributed by atoms with Crippen molar-refractivity contribution >= 4 is 0 Å². The zero-order chi connectivity index (χ0) is 15.2. The van der Waals surface area contributed by atoms with Crippen LogP contribution in [0.1, 0.15) is 58.9 Å². The quantitative estimate of drug-likeness (QED) is 0.742. The summed E-state index contributed by atoms with van der Waals surface area (Å²) >= 11 is 0. The second kappa shape index (κ2) is 7.78. The van der Waals surface area contributed by atoms with E-state index in [0.717, 1.165) is 31.5 Å². The van der Waals surface area contributed by atoms with Gasteiger partial charge in [0.1, 0.15) is 5.82 Å². The first-order chi connectivity index (χ1) is 9.29. The van der Waals surface area contributed by atoms with Crippen molar-refractivity contribution in [2.24, 2.45) is 11.3 Å². The summed E-state index contributed by atoms with van der Waals surface area (Å²) < 4.78 is 14.0. The van der Waals surface area contributed by atoms with E-state index in [2.05, 4.69) is 39.9 Å². The van der Waals surface area contributed by atoms with E-state index in [1.54, 1.807) is 12.1 Å². The molecule has 1 N–H and O–H groups in total. The molecule has 0 spiro atoms. The molecular weight excluding hydrogens is 249 g/mol. The van der Waals surface area contributed by atoms with Crippen LogP contribution in [0.2, 0.25) is 0 Å². The molecule has 2 heteroatoms. The fraction of sp³-hybridized carbons (Fsp3) is 0.667. The minimum absolute atomic E-state index is 0.0715. The van der Waals surface area contributed by atoms with Gasteiger partial charge in [-0.3, -0.25) is 0 Å². The van der Waals surface area contributed by atoms with Crippen LogP contribution < -0.4 is 5.32 Å². The van der Waals surface area contributed by atoms with Gasteiger partial charge in [-0.15, -0.1) is 0 Å². The normalized spacial score (nSPS) is 13.8. The van der Waals surface area contributed by atoms with Gasteiger partial charge in [-0.25, -0.2) is 4.39 Å². The average molecular weight is 279 g/mol. The molecule has 0 bridgehead atoms. The van der Waals surface area contributed by atoms with Crippen LogP contribution in [0.5, 0.6) is 0 Å². The lowest BCUT2D eigenvalue weighted by Gasteiger charge is -2.24. The highest BCUT2D eigenvalue weighted by molar-refractivity contribution is 5.22. The summed E-state index contributed by atoms with van der Waals surface area (Å²) in [5.41, 5.74) is 1.15. The average Bonchev–Trinajstić information content (AvgIpc) is 2.33. The maximum absolute atomic E-state index is 14.0. The Morgan fingerprint density at radius 3 is 2.30 bits per heavy atom. The summed E-state index contributed by atoms with van der Waals surface area (Å²) in [6.45, 7) is 13.0. The molecule has 0 saturated heterocycles. The van der Waals surface area contributed by atoms with Crippen LogP contribution in [0.15, 0.2) is 24.3 Å². The molecule has 1 atom stereocenters.